The number of aromatic nitrogens is 1. The van der Waals surface area contributed by atoms with Gasteiger partial charge in [-0.25, -0.2) is 4.98 Å². The maximum atomic E-state index is 12.4. The first kappa shape index (κ1) is 15.5. The van der Waals surface area contributed by atoms with Crippen LogP contribution in [-0.4, -0.2) is 34.9 Å². The number of pyridine rings is 1. The summed E-state index contributed by atoms with van der Waals surface area (Å²) in [6.07, 6.45) is 0.859. The summed E-state index contributed by atoms with van der Waals surface area (Å²) < 4.78 is 1.02. The van der Waals surface area contributed by atoms with Crippen molar-refractivity contribution < 1.29 is 4.79 Å². The van der Waals surface area contributed by atoms with Gasteiger partial charge in [-0.05, 0) is 36.8 Å². The van der Waals surface area contributed by atoms with E-state index in [1.807, 2.05) is 36.4 Å². The predicted octanol–water partition coefficient (Wildman–Crippen LogP) is 3.17. The first-order valence-electron chi connectivity index (χ1n) is 7.07. The lowest BCUT2D eigenvalue weighted by Gasteiger charge is -2.15. The Morgan fingerprint density at radius 3 is 2.86 bits per heavy atom. The number of benzene rings is 1. The highest BCUT2D eigenvalue weighted by Crippen LogP contribution is 2.28. The van der Waals surface area contributed by atoms with E-state index in [9.17, 15) is 4.79 Å². The molecule has 0 aliphatic carbocycles. The highest BCUT2D eigenvalue weighted by molar-refractivity contribution is 9.10. The minimum absolute atomic E-state index is 0.0374. The van der Waals surface area contributed by atoms with E-state index in [0.29, 0.717) is 18.8 Å². The molecule has 0 saturated carbocycles. The number of carbonyl (C=O) groups excluding carboxylic acids is 1. The predicted molar refractivity (Wildman–Crippen MR) is 91.0 cm³/mol. The summed E-state index contributed by atoms with van der Waals surface area (Å²) in [6, 6.07) is 13.6. The lowest BCUT2D eigenvalue weighted by atomic mass is 10.3. The molecule has 2 heterocycles. The van der Waals surface area contributed by atoms with E-state index >= 15 is 0 Å². The number of carbonyl (C=O) groups is 1. The zero-order valence-electron chi connectivity index (χ0n) is 11.9. The molecule has 6 heteroatoms. The van der Waals surface area contributed by atoms with Crippen molar-refractivity contribution in [3.8, 4) is 0 Å². The van der Waals surface area contributed by atoms with Crippen LogP contribution in [0.4, 0.5) is 0 Å². The van der Waals surface area contributed by atoms with Crippen molar-refractivity contribution in [1.29, 1.82) is 0 Å². The first-order valence-corrected chi connectivity index (χ1v) is 8.68. The smallest absolute Gasteiger partial charge is 0.272 e. The zero-order chi connectivity index (χ0) is 15.5. The molecule has 1 fully saturated rings. The molecule has 1 aromatic heterocycles. The molecule has 3 rings (SSSR count). The molecule has 22 heavy (non-hydrogen) atoms. The van der Waals surface area contributed by atoms with Crippen LogP contribution >= 0.6 is 27.7 Å². The van der Waals surface area contributed by atoms with E-state index in [1.165, 1.54) is 11.8 Å². The summed E-state index contributed by atoms with van der Waals surface area (Å²) in [5.74, 6) is -0.0374. The van der Waals surface area contributed by atoms with E-state index in [4.69, 9.17) is 5.73 Å². The lowest BCUT2D eigenvalue weighted by Crippen LogP contribution is -2.32. The van der Waals surface area contributed by atoms with Gasteiger partial charge < -0.3 is 10.6 Å². The van der Waals surface area contributed by atoms with Gasteiger partial charge in [0.1, 0.15) is 10.7 Å². The van der Waals surface area contributed by atoms with E-state index in [2.05, 4.69) is 20.9 Å². The van der Waals surface area contributed by atoms with Crippen molar-refractivity contribution >= 4 is 33.6 Å². The Kier molecular flexibility index (Phi) is 4.81. The second-order valence-electron chi connectivity index (χ2n) is 5.22. The van der Waals surface area contributed by atoms with Gasteiger partial charge >= 0.3 is 0 Å². The molecular weight excluding hydrogens is 362 g/mol. The standard InChI is InChI=1S/C16H16BrN3OS/c17-11-3-1-4-13(9-11)22-15-6-2-5-14(19-15)16(21)20-8-7-12(18)10-20/h1-6,9,12H,7-8,10,18H2/t12-/m1/s1. The van der Waals surface area contributed by atoms with Crippen molar-refractivity contribution in [3.05, 3.63) is 52.6 Å². The Hall–Kier alpha value is -1.37. The number of hydrogen-bond donors (Lipinski definition) is 1. The molecule has 1 aliphatic heterocycles. The Balaban J connectivity index is 1.76. The van der Waals surface area contributed by atoms with Crippen LogP contribution in [-0.2, 0) is 0 Å². The van der Waals surface area contributed by atoms with Crippen LogP contribution in [0.5, 0.6) is 0 Å². The normalized spacial score (nSPS) is 17.7. The largest absolute Gasteiger partial charge is 0.336 e. The SMILES string of the molecule is N[C@@H]1CCN(C(=O)c2cccc(Sc3cccc(Br)c3)n2)C1. The lowest BCUT2D eigenvalue weighted by molar-refractivity contribution is 0.0784. The third kappa shape index (κ3) is 3.69. The first-order chi connectivity index (χ1) is 10.6. The number of halogens is 1. The number of nitrogens with zero attached hydrogens (tertiary/aromatic N) is 2. The Labute approximate surface area is 142 Å². The maximum Gasteiger partial charge on any atom is 0.272 e. The Bertz CT molecular complexity index is 695. The van der Waals surface area contributed by atoms with Gasteiger partial charge in [-0.2, -0.15) is 0 Å². The van der Waals surface area contributed by atoms with Crippen molar-refractivity contribution in [2.24, 2.45) is 5.73 Å². The van der Waals surface area contributed by atoms with E-state index in [-0.39, 0.29) is 11.9 Å². The molecule has 0 unspecified atom stereocenters. The minimum Gasteiger partial charge on any atom is -0.336 e. The van der Waals surface area contributed by atoms with Crippen LogP contribution in [0.3, 0.4) is 0 Å². The Morgan fingerprint density at radius 1 is 1.32 bits per heavy atom. The van der Waals surface area contributed by atoms with Crippen molar-refractivity contribution in [1.82, 2.24) is 9.88 Å². The van der Waals surface area contributed by atoms with Crippen molar-refractivity contribution in [2.45, 2.75) is 22.4 Å². The number of amides is 1. The monoisotopic (exact) mass is 377 g/mol. The molecule has 4 nitrogen and oxygen atoms in total. The molecule has 1 amide bonds. The van der Waals surface area contributed by atoms with Gasteiger partial charge in [0.25, 0.3) is 5.91 Å². The average molecular weight is 378 g/mol. The van der Waals surface area contributed by atoms with Gasteiger partial charge in [0.2, 0.25) is 0 Å². The quantitative estimate of drug-likeness (QED) is 0.892. The van der Waals surface area contributed by atoms with Gasteiger partial charge in [0.05, 0.1) is 0 Å². The summed E-state index contributed by atoms with van der Waals surface area (Å²) in [5, 5.41) is 0.812. The molecule has 1 atom stereocenters. The number of rotatable bonds is 3. The van der Waals surface area contributed by atoms with Crippen LogP contribution in [0.25, 0.3) is 0 Å². The van der Waals surface area contributed by atoms with Gasteiger partial charge in [-0.1, -0.05) is 39.8 Å². The van der Waals surface area contributed by atoms with Crippen LogP contribution in [0.15, 0.2) is 56.9 Å². The van der Waals surface area contributed by atoms with Gasteiger partial charge in [-0.15, -0.1) is 0 Å². The molecule has 0 radical (unpaired) electrons. The summed E-state index contributed by atoms with van der Waals surface area (Å²) >= 11 is 5.00. The molecule has 1 saturated heterocycles. The summed E-state index contributed by atoms with van der Waals surface area (Å²) in [5.41, 5.74) is 6.35. The highest BCUT2D eigenvalue weighted by atomic mass is 79.9. The maximum absolute atomic E-state index is 12.4. The topological polar surface area (TPSA) is 59.2 Å². The fraction of sp³-hybridized carbons (Fsp3) is 0.250. The van der Waals surface area contributed by atoms with Gasteiger partial charge in [0.15, 0.2) is 0 Å². The number of hydrogen-bond acceptors (Lipinski definition) is 4. The zero-order valence-corrected chi connectivity index (χ0v) is 14.3. The molecule has 1 aromatic carbocycles. The summed E-state index contributed by atoms with van der Waals surface area (Å²) in [7, 11) is 0. The van der Waals surface area contributed by atoms with E-state index < -0.39 is 0 Å². The minimum atomic E-state index is -0.0374. The van der Waals surface area contributed by atoms with Crippen LogP contribution in [0.2, 0.25) is 0 Å². The second-order valence-corrected chi connectivity index (χ2v) is 7.23. The number of likely N-dealkylation sites (tertiary alicyclic amines) is 1. The van der Waals surface area contributed by atoms with Crippen LogP contribution < -0.4 is 5.73 Å². The molecule has 1 aliphatic rings. The molecule has 0 spiro atoms. The fourth-order valence-corrected chi connectivity index (χ4v) is 3.79. The highest BCUT2D eigenvalue weighted by Gasteiger charge is 2.25. The van der Waals surface area contributed by atoms with Gasteiger partial charge in [-0.3, -0.25) is 4.79 Å². The summed E-state index contributed by atoms with van der Waals surface area (Å²) in [6.45, 7) is 1.33. The molecular formula is C16H16BrN3OS. The second kappa shape index (κ2) is 6.81. The Morgan fingerprint density at radius 2 is 2.14 bits per heavy atom. The molecule has 114 valence electrons. The molecule has 2 aromatic rings. The number of nitrogens with two attached hydrogens (primary N) is 1. The van der Waals surface area contributed by atoms with Crippen LogP contribution in [0.1, 0.15) is 16.9 Å². The molecule has 2 N–H and O–H groups in total. The van der Waals surface area contributed by atoms with Crippen molar-refractivity contribution in [3.63, 3.8) is 0 Å². The van der Waals surface area contributed by atoms with Crippen LogP contribution in [0, 0.1) is 0 Å². The van der Waals surface area contributed by atoms with Gasteiger partial charge in [0, 0.05) is 28.5 Å². The average Bonchev–Trinajstić information content (AvgIpc) is 2.93. The third-order valence-corrected chi connectivity index (χ3v) is 4.89. The van der Waals surface area contributed by atoms with Crippen molar-refractivity contribution in [2.75, 3.05) is 13.1 Å². The van der Waals surface area contributed by atoms with E-state index in [1.54, 1.807) is 11.0 Å². The van der Waals surface area contributed by atoms with E-state index in [0.717, 1.165) is 20.8 Å². The summed E-state index contributed by atoms with van der Waals surface area (Å²) in [4.78, 5) is 19.8. The fourth-order valence-electron chi connectivity index (χ4n) is 2.38. The third-order valence-electron chi connectivity index (χ3n) is 3.47. The molecule has 0 bridgehead atoms.